The van der Waals surface area contributed by atoms with Gasteiger partial charge in [-0.15, -0.1) is 0 Å². The number of aryl methyl sites for hydroxylation is 1. The summed E-state index contributed by atoms with van der Waals surface area (Å²) in [6.07, 6.45) is 0. The van der Waals surface area contributed by atoms with Gasteiger partial charge < -0.3 is 10.2 Å². The summed E-state index contributed by atoms with van der Waals surface area (Å²) < 4.78 is 2.18. The van der Waals surface area contributed by atoms with Gasteiger partial charge in [-0.3, -0.25) is 9.67 Å². The second-order valence-corrected chi connectivity index (χ2v) is 5.11. The molecule has 0 aliphatic carbocycles. The molecule has 0 bridgehead atoms. The Bertz CT molecular complexity index is 868. The van der Waals surface area contributed by atoms with Crippen LogP contribution in [0, 0.1) is 11.7 Å². The van der Waals surface area contributed by atoms with Crippen molar-refractivity contribution in [3.8, 4) is 28.6 Å². The van der Waals surface area contributed by atoms with E-state index in [2.05, 4.69) is 10.2 Å². The molecule has 120 valence electrons. The molecule has 0 amide bonds. The highest BCUT2D eigenvalue weighted by Crippen LogP contribution is 2.32. The Morgan fingerprint density at radius 2 is 1.83 bits per heavy atom. The van der Waals surface area contributed by atoms with E-state index in [9.17, 15) is 10.2 Å². The Morgan fingerprint density at radius 3 is 2.48 bits per heavy atom. The monoisotopic (exact) mass is 329 g/mol. The highest BCUT2D eigenvalue weighted by Gasteiger charge is 2.14. The number of rotatable bonds is 2. The van der Waals surface area contributed by atoms with E-state index < -0.39 is 0 Å². The number of benzene rings is 2. The van der Waals surface area contributed by atoms with Gasteiger partial charge in [0.25, 0.3) is 0 Å². The van der Waals surface area contributed by atoms with E-state index in [1.807, 2.05) is 45.0 Å². The van der Waals surface area contributed by atoms with Gasteiger partial charge in [0.2, 0.25) is 0 Å². The lowest BCUT2D eigenvalue weighted by Crippen LogP contribution is -1.98. The zero-order valence-corrected chi connectivity index (χ0v) is 14.1. The maximum absolute atomic E-state index is 10.0. The Balaban J connectivity index is 0.000000924. The second-order valence-electron chi connectivity index (χ2n) is 4.73. The van der Waals surface area contributed by atoms with Gasteiger partial charge in [-0.05, 0) is 49.0 Å². The van der Waals surface area contributed by atoms with Crippen LogP contribution < -0.4 is 0 Å². The molecule has 3 aromatic rings. The third-order valence-electron chi connectivity index (χ3n) is 3.15. The molecule has 0 saturated carbocycles. The molecule has 1 heterocycles. The topological polar surface area (TPSA) is 74.1 Å². The Kier molecular flexibility index (Phi) is 5.18. The van der Waals surface area contributed by atoms with Crippen LogP contribution in [-0.4, -0.2) is 25.0 Å². The van der Waals surface area contributed by atoms with Gasteiger partial charge in [0.15, 0.2) is 10.6 Å². The van der Waals surface area contributed by atoms with Crippen LogP contribution in [0.1, 0.15) is 19.4 Å². The molecule has 2 aromatic carbocycles. The van der Waals surface area contributed by atoms with Crippen molar-refractivity contribution in [1.29, 1.82) is 0 Å². The average molecular weight is 329 g/mol. The summed E-state index contributed by atoms with van der Waals surface area (Å²) in [6.45, 7) is 5.99. The predicted molar refractivity (Wildman–Crippen MR) is 93.6 cm³/mol. The van der Waals surface area contributed by atoms with Gasteiger partial charge in [-0.1, -0.05) is 26.0 Å². The largest absolute Gasteiger partial charge is 0.508 e. The molecular weight excluding hydrogens is 310 g/mol. The zero-order valence-electron chi connectivity index (χ0n) is 13.2. The van der Waals surface area contributed by atoms with E-state index in [1.165, 1.54) is 12.1 Å². The third-order valence-corrected chi connectivity index (χ3v) is 3.43. The quantitative estimate of drug-likeness (QED) is 0.611. The van der Waals surface area contributed by atoms with Crippen LogP contribution in [-0.2, 0) is 0 Å². The van der Waals surface area contributed by atoms with E-state index in [0.717, 1.165) is 11.3 Å². The number of nitrogens with one attached hydrogen (secondary N) is 1. The number of aromatic amines is 1. The number of H-pyrrole nitrogens is 1. The van der Waals surface area contributed by atoms with Crippen molar-refractivity contribution in [3.63, 3.8) is 0 Å². The van der Waals surface area contributed by atoms with Crippen LogP contribution in [0.3, 0.4) is 0 Å². The zero-order chi connectivity index (χ0) is 17.0. The molecule has 23 heavy (non-hydrogen) atoms. The highest BCUT2D eigenvalue weighted by atomic mass is 32.1. The van der Waals surface area contributed by atoms with Gasteiger partial charge in [-0.25, -0.2) is 0 Å². The molecule has 0 radical (unpaired) electrons. The summed E-state index contributed by atoms with van der Waals surface area (Å²) >= 11 is 5.28. The van der Waals surface area contributed by atoms with E-state index in [-0.39, 0.29) is 11.5 Å². The summed E-state index contributed by atoms with van der Waals surface area (Å²) in [5.74, 6) is 0.425. The second kappa shape index (κ2) is 7.11. The summed E-state index contributed by atoms with van der Waals surface area (Å²) in [7, 11) is 0. The van der Waals surface area contributed by atoms with Crippen molar-refractivity contribution in [2.75, 3.05) is 0 Å². The number of aromatic hydroxyl groups is 2. The van der Waals surface area contributed by atoms with Crippen molar-refractivity contribution in [2.24, 2.45) is 0 Å². The van der Waals surface area contributed by atoms with Crippen molar-refractivity contribution in [2.45, 2.75) is 20.8 Å². The SMILES string of the molecule is CC.Cc1cccc(-n2c(-c3ccc(O)cc3O)n[nH]c2=S)c1. The molecule has 3 N–H and O–H groups in total. The standard InChI is InChI=1S/C15H13N3O2S.C2H6/c1-9-3-2-4-10(7-9)18-14(16-17-15(18)21)12-6-5-11(19)8-13(12)20;1-2/h2-8,19-20H,1H3,(H,17,21);1-2H3. The van der Waals surface area contributed by atoms with Gasteiger partial charge >= 0.3 is 0 Å². The number of phenols is 2. The van der Waals surface area contributed by atoms with Crippen LogP contribution in [0.5, 0.6) is 11.5 Å². The van der Waals surface area contributed by atoms with Crippen LogP contribution >= 0.6 is 12.2 Å². The molecule has 0 fully saturated rings. The van der Waals surface area contributed by atoms with Gasteiger partial charge in [0, 0.05) is 6.07 Å². The van der Waals surface area contributed by atoms with E-state index >= 15 is 0 Å². The van der Waals surface area contributed by atoms with E-state index in [1.54, 1.807) is 10.6 Å². The van der Waals surface area contributed by atoms with E-state index in [0.29, 0.717) is 16.2 Å². The Hall–Kier alpha value is -2.60. The minimum atomic E-state index is -0.0575. The summed E-state index contributed by atoms with van der Waals surface area (Å²) in [5, 5.41) is 26.3. The number of aromatic nitrogens is 3. The van der Waals surface area contributed by atoms with Crippen molar-refractivity contribution in [1.82, 2.24) is 14.8 Å². The first-order valence-corrected chi connectivity index (χ1v) is 7.74. The maximum Gasteiger partial charge on any atom is 0.200 e. The number of hydrogen-bond donors (Lipinski definition) is 3. The molecule has 0 aliphatic rings. The number of nitrogens with zero attached hydrogens (tertiary/aromatic N) is 2. The Labute approximate surface area is 139 Å². The first-order chi connectivity index (χ1) is 11.1. The highest BCUT2D eigenvalue weighted by molar-refractivity contribution is 7.71. The lowest BCUT2D eigenvalue weighted by Gasteiger charge is -2.09. The molecule has 0 spiro atoms. The molecular formula is C17H19N3O2S. The summed E-state index contributed by atoms with van der Waals surface area (Å²) in [5.41, 5.74) is 2.44. The molecule has 6 heteroatoms. The van der Waals surface area contributed by atoms with Crippen LogP contribution in [0.15, 0.2) is 42.5 Å². The molecule has 0 saturated heterocycles. The fourth-order valence-electron chi connectivity index (χ4n) is 2.19. The minimum absolute atomic E-state index is 0.00696. The first kappa shape index (κ1) is 16.8. The summed E-state index contributed by atoms with van der Waals surface area (Å²) in [6, 6.07) is 12.2. The van der Waals surface area contributed by atoms with Crippen molar-refractivity contribution in [3.05, 3.63) is 52.8 Å². The maximum atomic E-state index is 10.0. The van der Waals surface area contributed by atoms with Gasteiger partial charge in [0.1, 0.15) is 11.5 Å². The van der Waals surface area contributed by atoms with Crippen molar-refractivity contribution >= 4 is 12.2 Å². The lowest BCUT2D eigenvalue weighted by molar-refractivity contribution is 0.451. The fourth-order valence-corrected chi connectivity index (χ4v) is 2.43. The van der Waals surface area contributed by atoms with Crippen LogP contribution in [0.4, 0.5) is 0 Å². The normalized spacial score (nSPS) is 10.0. The van der Waals surface area contributed by atoms with Crippen LogP contribution in [0.2, 0.25) is 0 Å². The number of phenolic OH excluding ortho intramolecular Hbond substituents is 2. The van der Waals surface area contributed by atoms with Gasteiger partial charge in [-0.2, -0.15) is 5.10 Å². The van der Waals surface area contributed by atoms with Crippen molar-refractivity contribution < 1.29 is 10.2 Å². The average Bonchev–Trinajstić information content (AvgIpc) is 2.91. The fraction of sp³-hybridized carbons (Fsp3) is 0.176. The Morgan fingerprint density at radius 1 is 1.09 bits per heavy atom. The molecule has 1 aromatic heterocycles. The molecule has 0 aliphatic heterocycles. The minimum Gasteiger partial charge on any atom is -0.508 e. The number of hydrogen-bond acceptors (Lipinski definition) is 4. The lowest BCUT2D eigenvalue weighted by atomic mass is 10.1. The molecule has 5 nitrogen and oxygen atoms in total. The smallest absolute Gasteiger partial charge is 0.200 e. The third kappa shape index (κ3) is 3.43. The molecule has 0 atom stereocenters. The predicted octanol–water partition coefficient (Wildman–Crippen LogP) is 4.34. The molecule has 3 rings (SSSR count). The van der Waals surface area contributed by atoms with Crippen LogP contribution in [0.25, 0.3) is 17.1 Å². The first-order valence-electron chi connectivity index (χ1n) is 7.33. The molecule has 0 unspecified atom stereocenters. The van der Waals surface area contributed by atoms with Gasteiger partial charge in [0.05, 0.1) is 11.3 Å². The van der Waals surface area contributed by atoms with E-state index in [4.69, 9.17) is 12.2 Å². The summed E-state index contributed by atoms with van der Waals surface area (Å²) in [4.78, 5) is 0.